The van der Waals surface area contributed by atoms with Crippen molar-refractivity contribution < 1.29 is 56.8 Å². The summed E-state index contributed by atoms with van der Waals surface area (Å²) in [5.74, 6) is -1.17. The monoisotopic (exact) mass is 1000 g/mol. The number of fused-ring (bicyclic) bond motifs is 2. The van der Waals surface area contributed by atoms with Crippen molar-refractivity contribution in [1.82, 2.24) is 30.4 Å². The van der Waals surface area contributed by atoms with Crippen LogP contribution in [0, 0.1) is 5.82 Å². The number of hydrogen-bond donors (Lipinski definition) is 5. The molecule has 0 saturated carbocycles. The predicted molar refractivity (Wildman–Crippen MR) is 261 cm³/mol. The highest BCUT2D eigenvalue weighted by molar-refractivity contribution is 6.31. The third-order valence-corrected chi connectivity index (χ3v) is 12.1. The molecule has 5 amide bonds. The number of hydrogen-bond acceptors (Lipinski definition) is 16. The van der Waals surface area contributed by atoms with Gasteiger partial charge in [-0.2, -0.15) is 0 Å². The summed E-state index contributed by atoms with van der Waals surface area (Å²) in [5.41, 5.74) is 3.71. The fourth-order valence-corrected chi connectivity index (χ4v) is 8.41. The fourth-order valence-electron chi connectivity index (χ4n) is 8.23. The van der Waals surface area contributed by atoms with E-state index in [9.17, 15) is 28.4 Å². The first-order chi connectivity index (χ1) is 34.6. The second-order valence-corrected chi connectivity index (χ2v) is 17.1. The van der Waals surface area contributed by atoms with Gasteiger partial charge in [-0.1, -0.05) is 23.7 Å². The van der Waals surface area contributed by atoms with E-state index in [0.717, 1.165) is 37.2 Å². The van der Waals surface area contributed by atoms with Gasteiger partial charge in [0.25, 0.3) is 5.91 Å². The number of nitrogens with zero attached hydrogens (tertiary/aromatic N) is 4. The van der Waals surface area contributed by atoms with Crippen LogP contribution in [0.1, 0.15) is 41.6 Å². The lowest BCUT2D eigenvalue weighted by atomic mass is 10.0. The van der Waals surface area contributed by atoms with Crippen molar-refractivity contribution in [2.75, 3.05) is 115 Å². The van der Waals surface area contributed by atoms with Crippen molar-refractivity contribution in [1.29, 1.82) is 0 Å². The zero-order valence-corrected chi connectivity index (χ0v) is 40.2. The van der Waals surface area contributed by atoms with Crippen molar-refractivity contribution in [2.45, 2.75) is 44.3 Å². The van der Waals surface area contributed by atoms with Gasteiger partial charge in [-0.3, -0.25) is 34.2 Å². The van der Waals surface area contributed by atoms with Crippen LogP contribution in [-0.4, -0.2) is 161 Å². The smallest absolute Gasteiger partial charge is 0.255 e. The van der Waals surface area contributed by atoms with Crippen LogP contribution >= 0.6 is 11.6 Å². The van der Waals surface area contributed by atoms with Crippen molar-refractivity contribution in [3.63, 3.8) is 0 Å². The van der Waals surface area contributed by atoms with Crippen LogP contribution < -0.4 is 31.3 Å². The number of anilines is 4. The molecule has 380 valence electrons. The van der Waals surface area contributed by atoms with Crippen molar-refractivity contribution in [2.24, 2.45) is 0 Å². The molecule has 22 heteroatoms. The number of carbonyl (C=O) groups excluding carboxylic acids is 5. The molecule has 71 heavy (non-hydrogen) atoms. The third-order valence-electron chi connectivity index (χ3n) is 11.8. The van der Waals surface area contributed by atoms with Gasteiger partial charge < -0.3 is 54.6 Å². The van der Waals surface area contributed by atoms with Crippen LogP contribution in [0.2, 0.25) is 5.02 Å². The summed E-state index contributed by atoms with van der Waals surface area (Å²) in [6.45, 7) is 6.24. The van der Waals surface area contributed by atoms with E-state index in [1.807, 2.05) is 6.07 Å². The molecule has 3 aliphatic heterocycles. The van der Waals surface area contributed by atoms with Gasteiger partial charge in [0, 0.05) is 85.2 Å². The number of ether oxygens (including phenoxy) is 6. The van der Waals surface area contributed by atoms with E-state index in [1.54, 1.807) is 30.3 Å². The molecule has 5 N–H and O–H groups in total. The molecule has 3 aromatic carbocycles. The number of methoxy groups -OCH3 is 1. The van der Waals surface area contributed by atoms with E-state index in [-0.39, 0.29) is 54.3 Å². The summed E-state index contributed by atoms with van der Waals surface area (Å²) in [6.07, 6.45) is 6.71. The molecular weight excluding hydrogens is 945 g/mol. The van der Waals surface area contributed by atoms with Gasteiger partial charge in [-0.15, -0.1) is 0 Å². The lowest BCUT2D eigenvalue weighted by Gasteiger charge is -2.31. The Morgan fingerprint density at radius 3 is 2.30 bits per heavy atom. The minimum Gasteiger partial charge on any atom is -0.494 e. The molecular formula is C49H59ClFN9O11. The first-order valence-electron chi connectivity index (χ1n) is 23.5. The van der Waals surface area contributed by atoms with Crippen molar-refractivity contribution in [3.8, 4) is 5.75 Å². The van der Waals surface area contributed by atoms with Crippen molar-refractivity contribution >= 4 is 74.9 Å². The number of halogens is 2. The van der Waals surface area contributed by atoms with Gasteiger partial charge in [0.15, 0.2) is 0 Å². The molecule has 1 atom stereocenters. The molecule has 20 nitrogen and oxygen atoms in total. The van der Waals surface area contributed by atoms with Crippen LogP contribution in [-0.2, 0) is 49.4 Å². The Morgan fingerprint density at radius 1 is 0.873 bits per heavy atom. The summed E-state index contributed by atoms with van der Waals surface area (Å²) in [7, 11) is 1.50. The molecule has 3 aliphatic rings. The Kier molecular flexibility index (Phi) is 19.8. The maximum atomic E-state index is 13.7. The average Bonchev–Trinajstić information content (AvgIpc) is 3.70. The van der Waals surface area contributed by atoms with Crippen LogP contribution in [0.5, 0.6) is 5.75 Å². The molecule has 0 spiro atoms. The number of benzene rings is 3. The number of nitrogens with one attached hydrogen (secondary N) is 5. The minimum atomic E-state index is -0.658. The fraction of sp³-hybridized carbons (Fsp3) is 0.449. The largest absolute Gasteiger partial charge is 0.494 e. The van der Waals surface area contributed by atoms with E-state index >= 15 is 0 Å². The van der Waals surface area contributed by atoms with E-state index in [2.05, 4.69) is 41.5 Å². The summed E-state index contributed by atoms with van der Waals surface area (Å²) < 4.78 is 47.0. The molecule has 4 heterocycles. The standard InChI is InChI=1S/C49H59ClFN9O11/c1-66-43-28-40-35(47(54-31-53-40)56-33-7-8-38(51)37(50)26-33)27-41(43)57-44(61)6-3-14-59-15-11-32(12-16-59)55-46(63)30-71-25-24-70-23-22-69-21-20-68-19-18-67-17-13-52-39-5-2-4-34-36(39)29-60(49(34)65)42-9-10-45(62)58-48(42)64/h2-8,26-28,31-32,42,52H,9-25,29-30H2,1H3,(H,55,63)(H,57,61)(H,53,54,56)(H,58,62,64)/b6-3+. The zero-order chi connectivity index (χ0) is 50.0. The lowest BCUT2D eigenvalue weighted by molar-refractivity contribution is -0.137. The van der Waals surface area contributed by atoms with Gasteiger partial charge >= 0.3 is 0 Å². The second kappa shape index (κ2) is 26.8. The van der Waals surface area contributed by atoms with Crippen LogP contribution in [0.4, 0.5) is 27.3 Å². The van der Waals surface area contributed by atoms with E-state index in [1.165, 1.54) is 42.6 Å². The molecule has 0 radical (unpaired) electrons. The highest BCUT2D eigenvalue weighted by Gasteiger charge is 2.40. The number of amides is 5. The summed E-state index contributed by atoms with van der Waals surface area (Å²) >= 11 is 5.95. The van der Waals surface area contributed by atoms with Crippen LogP contribution in [0.15, 0.2) is 67.0 Å². The van der Waals surface area contributed by atoms with E-state index in [0.29, 0.717) is 118 Å². The number of carbonyl (C=O) groups is 5. The number of likely N-dealkylation sites (tertiary alicyclic amines) is 1. The molecule has 7 rings (SSSR count). The Morgan fingerprint density at radius 2 is 1.59 bits per heavy atom. The summed E-state index contributed by atoms with van der Waals surface area (Å²) in [6, 6.07) is 12.5. The Labute approximate surface area is 415 Å². The average molecular weight is 1000 g/mol. The Bertz CT molecular complexity index is 2530. The summed E-state index contributed by atoms with van der Waals surface area (Å²) in [4.78, 5) is 74.8. The van der Waals surface area contributed by atoms with Gasteiger partial charge in [0.2, 0.25) is 23.6 Å². The first-order valence-corrected chi connectivity index (χ1v) is 23.9. The van der Waals surface area contributed by atoms with Crippen LogP contribution in [0.25, 0.3) is 10.9 Å². The van der Waals surface area contributed by atoms with Gasteiger partial charge in [0.1, 0.15) is 36.4 Å². The molecule has 4 aromatic rings. The Balaban J connectivity index is 0.662. The highest BCUT2D eigenvalue weighted by Crippen LogP contribution is 2.34. The molecule has 0 bridgehead atoms. The predicted octanol–water partition coefficient (Wildman–Crippen LogP) is 4.21. The van der Waals surface area contributed by atoms with Gasteiger partial charge in [-0.25, -0.2) is 14.4 Å². The quantitative estimate of drug-likeness (QED) is 0.0320. The molecule has 0 aliphatic carbocycles. The van der Waals surface area contributed by atoms with E-state index < -0.39 is 17.8 Å². The van der Waals surface area contributed by atoms with Gasteiger partial charge in [-0.05, 0) is 55.7 Å². The van der Waals surface area contributed by atoms with E-state index in [4.69, 9.17) is 40.0 Å². The zero-order valence-electron chi connectivity index (χ0n) is 39.5. The number of aromatic nitrogens is 2. The maximum Gasteiger partial charge on any atom is 0.255 e. The molecule has 1 aromatic heterocycles. The SMILES string of the molecule is COc1cc2ncnc(Nc3ccc(F)c(Cl)c3)c2cc1NC(=O)/C=C/CN1CCC(NC(=O)COCCOCCOCCOCCOCCNc2cccc3c2CN(C2CCC(=O)NC2=O)C3=O)CC1. The second-order valence-electron chi connectivity index (χ2n) is 16.7. The van der Waals surface area contributed by atoms with Crippen molar-refractivity contribution in [3.05, 3.63) is 89.0 Å². The molecule has 2 saturated heterocycles. The van der Waals surface area contributed by atoms with Crippen LogP contribution in [0.3, 0.4) is 0 Å². The first kappa shape index (κ1) is 52.5. The molecule has 2 fully saturated rings. The number of rotatable bonds is 27. The number of piperidine rings is 2. The Hall–Kier alpha value is -6.33. The minimum absolute atomic E-state index is 0.0324. The maximum absolute atomic E-state index is 13.7. The topological polar surface area (TPSA) is 233 Å². The normalized spacial score (nSPS) is 16.4. The number of imide groups is 1. The summed E-state index contributed by atoms with van der Waals surface area (Å²) in [5, 5.41) is 15.2. The lowest BCUT2D eigenvalue weighted by Crippen LogP contribution is -2.52. The third kappa shape index (κ3) is 15.3. The molecule has 1 unspecified atom stereocenters. The van der Waals surface area contributed by atoms with Gasteiger partial charge in [0.05, 0.1) is 82.8 Å². The highest BCUT2D eigenvalue weighted by atomic mass is 35.5.